The molecule has 1 aromatic rings. The molecule has 1 amide bonds. The SMILES string of the molecule is CC(C)CN1CCN(c2ccc(N)c(C(N)=O)c2)CC1. The minimum atomic E-state index is -0.470. The number of piperazine rings is 1. The molecule has 110 valence electrons. The van der Waals surface area contributed by atoms with Gasteiger partial charge in [0, 0.05) is 44.1 Å². The van der Waals surface area contributed by atoms with Crippen molar-refractivity contribution in [2.24, 2.45) is 11.7 Å². The highest BCUT2D eigenvalue weighted by Gasteiger charge is 2.18. The molecule has 1 fully saturated rings. The van der Waals surface area contributed by atoms with Crippen LogP contribution in [-0.2, 0) is 0 Å². The van der Waals surface area contributed by atoms with Crippen molar-refractivity contribution in [2.45, 2.75) is 13.8 Å². The lowest BCUT2D eigenvalue weighted by atomic mass is 10.1. The first-order valence-electron chi connectivity index (χ1n) is 7.14. The highest BCUT2D eigenvalue weighted by molar-refractivity contribution is 5.99. The zero-order valence-corrected chi connectivity index (χ0v) is 12.3. The number of carbonyl (C=O) groups excluding carboxylic acids is 1. The number of nitrogens with two attached hydrogens (primary N) is 2. The van der Waals surface area contributed by atoms with E-state index in [1.165, 1.54) is 0 Å². The predicted molar refractivity (Wildman–Crippen MR) is 82.9 cm³/mol. The summed E-state index contributed by atoms with van der Waals surface area (Å²) in [4.78, 5) is 16.1. The molecule has 1 aliphatic heterocycles. The first-order valence-corrected chi connectivity index (χ1v) is 7.14. The maximum atomic E-state index is 11.3. The molecule has 0 aliphatic carbocycles. The number of nitrogen functional groups attached to an aromatic ring is 1. The Hall–Kier alpha value is -1.75. The molecule has 0 atom stereocenters. The Morgan fingerprint density at radius 1 is 1.25 bits per heavy atom. The summed E-state index contributed by atoms with van der Waals surface area (Å²) < 4.78 is 0. The van der Waals surface area contributed by atoms with E-state index in [1.807, 2.05) is 6.07 Å². The number of rotatable bonds is 4. The van der Waals surface area contributed by atoms with E-state index in [2.05, 4.69) is 23.6 Å². The van der Waals surface area contributed by atoms with Gasteiger partial charge in [0.2, 0.25) is 0 Å². The third-order valence-corrected chi connectivity index (χ3v) is 3.66. The van der Waals surface area contributed by atoms with Crippen LogP contribution >= 0.6 is 0 Å². The molecule has 0 unspecified atom stereocenters. The van der Waals surface area contributed by atoms with Crippen LogP contribution < -0.4 is 16.4 Å². The van der Waals surface area contributed by atoms with Gasteiger partial charge < -0.3 is 16.4 Å². The van der Waals surface area contributed by atoms with E-state index >= 15 is 0 Å². The highest BCUT2D eigenvalue weighted by atomic mass is 16.1. The van der Waals surface area contributed by atoms with Gasteiger partial charge in [-0.15, -0.1) is 0 Å². The summed E-state index contributed by atoms with van der Waals surface area (Å²) in [5, 5.41) is 0. The second kappa shape index (κ2) is 6.13. The van der Waals surface area contributed by atoms with Crippen LogP contribution in [0.4, 0.5) is 11.4 Å². The zero-order valence-electron chi connectivity index (χ0n) is 12.3. The van der Waals surface area contributed by atoms with Gasteiger partial charge in [-0.3, -0.25) is 9.69 Å². The van der Waals surface area contributed by atoms with E-state index in [9.17, 15) is 4.79 Å². The summed E-state index contributed by atoms with van der Waals surface area (Å²) in [5.74, 6) is 0.224. The Kier molecular flexibility index (Phi) is 4.49. The number of carbonyl (C=O) groups is 1. The van der Waals surface area contributed by atoms with Crippen molar-refractivity contribution < 1.29 is 4.79 Å². The number of primary amides is 1. The van der Waals surface area contributed by atoms with Crippen LogP contribution in [0.2, 0.25) is 0 Å². The maximum Gasteiger partial charge on any atom is 0.250 e. The molecular weight excluding hydrogens is 252 g/mol. The number of hydrogen-bond donors (Lipinski definition) is 2. The second-order valence-electron chi connectivity index (χ2n) is 5.82. The lowest BCUT2D eigenvalue weighted by molar-refractivity contribution is 0.100. The third kappa shape index (κ3) is 3.42. The van der Waals surface area contributed by atoms with Crippen LogP contribution in [0.15, 0.2) is 18.2 Å². The third-order valence-electron chi connectivity index (χ3n) is 3.66. The van der Waals surface area contributed by atoms with Crippen molar-refractivity contribution in [2.75, 3.05) is 43.4 Å². The average Bonchev–Trinajstić information content (AvgIpc) is 2.39. The van der Waals surface area contributed by atoms with Crippen LogP contribution in [0.3, 0.4) is 0 Å². The van der Waals surface area contributed by atoms with E-state index in [1.54, 1.807) is 12.1 Å². The van der Waals surface area contributed by atoms with Crippen molar-refractivity contribution in [3.05, 3.63) is 23.8 Å². The fourth-order valence-corrected chi connectivity index (χ4v) is 2.66. The fraction of sp³-hybridized carbons (Fsp3) is 0.533. The van der Waals surface area contributed by atoms with E-state index in [4.69, 9.17) is 11.5 Å². The molecule has 0 bridgehead atoms. The first-order chi connectivity index (χ1) is 9.47. The number of amides is 1. The van der Waals surface area contributed by atoms with Gasteiger partial charge in [-0.2, -0.15) is 0 Å². The summed E-state index contributed by atoms with van der Waals surface area (Å²) in [5.41, 5.74) is 13.0. The van der Waals surface area contributed by atoms with Crippen LogP contribution in [0.25, 0.3) is 0 Å². The maximum absolute atomic E-state index is 11.3. The van der Waals surface area contributed by atoms with Crippen LogP contribution in [-0.4, -0.2) is 43.5 Å². The van der Waals surface area contributed by atoms with Gasteiger partial charge in [-0.25, -0.2) is 0 Å². The van der Waals surface area contributed by atoms with Gasteiger partial charge in [0.25, 0.3) is 5.91 Å². The van der Waals surface area contributed by atoms with Crippen molar-refractivity contribution >= 4 is 17.3 Å². The van der Waals surface area contributed by atoms with Crippen molar-refractivity contribution in [3.63, 3.8) is 0 Å². The number of hydrogen-bond acceptors (Lipinski definition) is 4. The fourth-order valence-electron chi connectivity index (χ4n) is 2.66. The molecule has 4 N–H and O–H groups in total. The summed E-state index contributed by atoms with van der Waals surface area (Å²) in [6, 6.07) is 5.52. The van der Waals surface area contributed by atoms with E-state index < -0.39 is 5.91 Å². The molecule has 5 heteroatoms. The second-order valence-corrected chi connectivity index (χ2v) is 5.82. The summed E-state index contributed by atoms with van der Waals surface area (Å²) in [6.45, 7) is 9.66. The standard InChI is InChI=1S/C15H24N4O/c1-11(2)10-18-5-7-19(8-6-18)12-3-4-14(16)13(9-12)15(17)20/h3-4,9,11H,5-8,10,16H2,1-2H3,(H2,17,20). The molecule has 0 aromatic heterocycles. The molecule has 1 aliphatic rings. The molecule has 1 heterocycles. The normalized spacial score (nSPS) is 16.6. The first kappa shape index (κ1) is 14.7. The Labute approximate surface area is 120 Å². The van der Waals surface area contributed by atoms with Gasteiger partial charge in [0.1, 0.15) is 0 Å². The minimum Gasteiger partial charge on any atom is -0.398 e. The van der Waals surface area contributed by atoms with Crippen molar-refractivity contribution in [1.29, 1.82) is 0 Å². The van der Waals surface area contributed by atoms with Gasteiger partial charge >= 0.3 is 0 Å². The van der Waals surface area contributed by atoms with Gasteiger partial charge in [-0.1, -0.05) is 13.8 Å². The topological polar surface area (TPSA) is 75.6 Å². The molecule has 0 saturated carbocycles. The quantitative estimate of drug-likeness (QED) is 0.809. The highest BCUT2D eigenvalue weighted by Crippen LogP contribution is 2.22. The average molecular weight is 276 g/mol. The molecule has 1 aromatic carbocycles. The Balaban J connectivity index is 2.03. The van der Waals surface area contributed by atoms with Crippen LogP contribution in [0.5, 0.6) is 0 Å². The molecule has 1 saturated heterocycles. The zero-order chi connectivity index (χ0) is 14.7. The Bertz CT molecular complexity index is 479. The minimum absolute atomic E-state index is 0.409. The monoisotopic (exact) mass is 276 g/mol. The molecule has 20 heavy (non-hydrogen) atoms. The van der Waals surface area contributed by atoms with Gasteiger partial charge in [0.05, 0.1) is 5.56 Å². The van der Waals surface area contributed by atoms with E-state index in [0.29, 0.717) is 17.2 Å². The lowest BCUT2D eigenvalue weighted by Gasteiger charge is -2.37. The number of nitrogens with zero attached hydrogens (tertiary/aromatic N) is 2. The van der Waals surface area contributed by atoms with E-state index in [-0.39, 0.29) is 0 Å². The molecule has 0 spiro atoms. The van der Waals surface area contributed by atoms with Crippen LogP contribution in [0.1, 0.15) is 24.2 Å². The summed E-state index contributed by atoms with van der Waals surface area (Å²) in [6.07, 6.45) is 0. The van der Waals surface area contributed by atoms with Gasteiger partial charge in [-0.05, 0) is 24.1 Å². The molecule has 5 nitrogen and oxygen atoms in total. The summed E-state index contributed by atoms with van der Waals surface area (Å²) >= 11 is 0. The number of anilines is 2. The lowest BCUT2D eigenvalue weighted by Crippen LogP contribution is -2.47. The smallest absolute Gasteiger partial charge is 0.250 e. The molecule has 2 rings (SSSR count). The molecule has 0 radical (unpaired) electrons. The van der Waals surface area contributed by atoms with Crippen molar-refractivity contribution in [1.82, 2.24) is 4.90 Å². The molecular formula is C15H24N4O. The number of benzene rings is 1. The predicted octanol–water partition coefficient (Wildman–Crippen LogP) is 1.15. The largest absolute Gasteiger partial charge is 0.398 e. The van der Waals surface area contributed by atoms with Crippen molar-refractivity contribution in [3.8, 4) is 0 Å². The Morgan fingerprint density at radius 3 is 2.45 bits per heavy atom. The van der Waals surface area contributed by atoms with Crippen LogP contribution in [0, 0.1) is 5.92 Å². The van der Waals surface area contributed by atoms with Gasteiger partial charge in [0.15, 0.2) is 0 Å². The summed E-state index contributed by atoms with van der Waals surface area (Å²) in [7, 11) is 0. The van der Waals surface area contributed by atoms with E-state index in [0.717, 1.165) is 38.4 Å². The Morgan fingerprint density at radius 2 is 1.90 bits per heavy atom.